The Kier molecular flexibility index (Phi) is 6.55. The third kappa shape index (κ3) is 4.77. The van der Waals surface area contributed by atoms with E-state index in [1.165, 1.54) is 17.3 Å². The van der Waals surface area contributed by atoms with Crippen LogP contribution < -0.4 is 10.2 Å². The maximum Gasteiger partial charge on any atom is 0.234 e. The minimum atomic E-state index is -0.0205. The summed E-state index contributed by atoms with van der Waals surface area (Å²) in [5, 5.41) is 5.09. The van der Waals surface area contributed by atoms with Crippen LogP contribution in [0.5, 0.6) is 0 Å². The van der Waals surface area contributed by atoms with Crippen molar-refractivity contribution >= 4 is 39.9 Å². The van der Waals surface area contributed by atoms with E-state index in [9.17, 15) is 4.79 Å². The Bertz CT molecular complexity index is 1030. The predicted octanol–water partition coefficient (Wildman–Crippen LogP) is 4.67. The first kappa shape index (κ1) is 20.7. The van der Waals surface area contributed by atoms with Gasteiger partial charge in [-0.1, -0.05) is 36.9 Å². The van der Waals surface area contributed by atoms with Gasteiger partial charge in [0.15, 0.2) is 0 Å². The van der Waals surface area contributed by atoms with Crippen LogP contribution in [0.2, 0.25) is 0 Å². The smallest absolute Gasteiger partial charge is 0.234 e. The van der Waals surface area contributed by atoms with Gasteiger partial charge >= 0.3 is 0 Å². The molecule has 0 saturated carbocycles. The van der Waals surface area contributed by atoms with Gasteiger partial charge in [-0.25, -0.2) is 4.98 Å². The Hall–Kier alpha value is -2.57. The lowest BCUT2D eigenvalue weighted by Gasteiger charge is -2.28. The molecular formula is C24H27N3O2S. The fourth-order valence-corrected chi connectivity index (χ4v) is 4.54. The number of ether oxygens (including phenoxy) is 1. The number of fused-ring (bicyclic) bond motifs is 1. The summed E-state index contributed by atoms with van der Waals surface area (Å²) in [6.45, 7) is 7.53. The van der Waals surface area contributed by atoms with E-state index < -0.39 is 0 Å². The first-order valence-corrected chi connectivity index (χ1v) is 11.4. The molecule has 4 rings (SSSR count). The van der Waals surface area contributed by atoms with Crippen LogP contribution in [0.4, 0.5) is 11.4 Å². The fraction of sp³-hybridized carbons (Fsp3) is 0.333. The zero-order chi connectivity index (χ0) is 20.9. The SMILES string of the molecule is CCc1cc2cccc(C)c2nc1SCC(=O)Nc1ccc(N2CCOCC2)cc1. The average molecular weight is 422 g/mol. The number of anilines is 2. The molecule has 2 heterocycles. The number of hydrogen-bond acceptors (Lipinski definition) is 5. The normalized spacial score (nSPS) is 14.1. The summed E-state index contributed by atoms with van der Waals surface area (Å²) in [5.41, 5.74) is 5.32. The highest BCUT2D eigenvalue weighted by Crippen LogP contribution is 2.27. The van der Waals surface area contributed by atoms with E-state index in [4.69, 9.17) is 9.72 Å². The van der Waals surface area contributed by atoms with Gasteiger partial charge in [0.25, 0.3) is 0 Å². The largest absolute Gasteiger partial charge is 0.378 e. The van der Waals surface area contributed by atoms with Crippen molar-refractivity contribution in [1.29, 1.82) is 0 Å². The topological polar surface area (TPSA) is 54.5 Å². The van der Waals surface area contributed by atoms with Crippen LogP contribution >= 0.6 is 11.8 Å². The van der Waals surface area contributed by atoms with E-state index in [1.54, 1.807) is 0 Å². The van der Waals surface area contributed by atoms with Gasteiger partial charge in [0, 0.05) is 29.9 Å². The minimum Gasteiger partial charge on any atom is -0.378 e. The molecule has 0 aliphatic carbocycles. The zero-order valence-corrected chi connectivity index (χ0v) is 18.3. The first-order chi connectivity index (χ1) is 14.6. The number of para-hydroxylation sites is 1. The van der Waals surface area contributed by atoms with Gasteiger partial charge in [-0.05, 0) is 54.8 Å². The van der Waals surface area contributed by atoms with E-state index >= 15 is 0 Å². The molecule has 0 spiro atoms. The summed E-state index contributed by atoms with van der Waals surface area (Å²) >= 11 is 1.50. The molecule has 1 fully saturated rings. The van der Waals surface area contributed by atoms with Crippen molar-refractivity contribution in [2.45, 2.75) is 25.3 Å². The molecule has 0 bridgehead atoms. The van der Waals surface area contributed by atoms with Crippen molar-refractivity contribution in [2.24, 2.45) is 0 Å². The number of carbonyl (C=O) groups is 1. The number of aromatic nitrogens is 1. The van der Waals surface area contributed by atoms with Crippen LogP contribution in [0.3, 0.4) is 0 Å². The van der Waals surface area contributed by atoms with Crippen LogP contribution in [-0.4, -0.2) is 42.9 Å². The second kappa shape index (κ2) is 9.49. The summed E-state index contributed by atoms with van der Waals surface area (Å²) in [5.74, 6) is 0.315. The molecule has 1 N–H and O–H groups in total. The molecule has 2 aromatic carbocycles. The lowest BCUT2D eigenvalue weighted by molar-refractivity contribution is -0.113. The highest BCUT2D eigenvalue weighted by atomic mass is 32.2. The number of nitrogens with one attached hydrogen (secondary N) is 1. The Morgan fingerprint density at radius 2 is 1.93 bits per heavy atom. The third-order valence-electron chi connectivity index (χ3n) is 5.33. The number of benzene rings is 2. The molecule has 5 nitrogen and oxygen atoms in total. The Morgan fingerprint density at radius 1 is 1.17 bits per heavy atom. The summed E-state index contributed by atoms with van der Waals surface area (Å²) in [7, 11) is 0. The molecule has 3 aromatic rings. The lowest BCUT2D eigenvalue weighted by atomic mass is 10.1. The maximum absolute atomic E-state index is 12.5. The third-order valence-corrected chi connectivity index (χ3v) is 6.37. The number of nitrogens with zero attached hydrogens (tertiary/aromatic N) is 2. The number of pyridine rings is 1. The van der Waals surface area contributed by atoms with Crippen LogP contribution in [0, 0.1) is 6.92 Å². The van der Waals surface area contributed by atoms with Crippen molar-refractivity contribution in [3.05, 3.63) is 59.7 Å². The number of thioether (sulfide) groups is 1. The fourth-order valence-electron chi connectivity index (χ4n) is 3.66. The van der Waals surface area contributed by atoms with Gasteiger partial charge in [0.2, 0.25) is 5.91 Å². The Labute approximate surface area is 181 Å². The molecule has 0 atom stereocenters. The van der Waals surface area contributed by atoms with Crippen LogP contribution in [0.15, 0.2) is 53.6 Å². The standard InChI is InChI=1S/C24H27N3O2S/c1-3-18-15-19-6-4-5-17(2)23(19)26-24(18)30-16-22(28)25-20-7-9-21(10-8-20)27-11-13-29-14-12-27/h4-10,15H,3,11-14,16H2,1-2H3,(H,25,28). The molecule has 0 unspecified atom stereocenters. The van der Waals surface area contributed by atoms with Gasteiger partial charge in [-0.15, -0.1) is 0 Å². The van der Waals surface area contributed by atoms with Crippen LogP contribution in [-0.2, 0) is 16.0 Å². The molecule has 1 saturated heterocycles. The van der Waals surface area contributed by atoms with E-state index in [-0.39, 0.29) is 5.91 Å². The molecule has 1 amide bonds. The summed E-state index contributed by atoms with van der Waals surface area (Å²) in [6, 6.07) is 16.4. The Morgan fingerprint density at radius 3 is 2.67 bits per heavy atom. The predicted molar refractivity (Wildman–Crippen MR) is 125 cm³/mol. The van der Waals surface area contributed by atoms with Crippen molar-refractivity contribution in [3.63, 3.8) is 0 Å². The highest BCUT2D eigenvalue weighted by molar-refractivity contribution is 8.00. The Balaban J connectivity index is 1.39. The summed E-state index contributed by atoms with van der Waals surface area (Å²) in [4.78, 5) is 19.7. The maximum atomic E-state index is 12.5. The molecule has 0 radical (unpaired) electrons. The van der Waals surface area contributed by atoms with Crippen LogP contribution in [0.1, 0.15) is 18.1 Å². The molecular weight excluding hydrogens is 394 g/mol. The van der Waals surface area contributed by atoms with E-state index in [0.29, 0.717) is 5.75 Å². The molecule has 6 heteroatoms. The molecule has 1 aliphatic heterocycles. The second-order valence-corrected chi connectivity index (χ2v) is 8.40. The van der Waals surface area contributed by atoms with Gasteiger partial charge in [-0.3, -0.25) is 4.79 Å². The van der Waals surface area contributed by atoms with Crippen molar-refractivity contribution in [2.75, 3.05) is 42.3 Å². The van der Waals surface area contributed by atoms with E-state index in [2.05, 4.69) is 60.5 Å². The van der Waals surface area contributed by atoms with Gasteiger partial charge < -0.3 is 15.0 Å². The van der Waals surface area contributed by atoms with Gasteiger partial charge in [-0.2, -0.15) is 0 Å². The van der Waals surface area contributed by atoms with Gasteiger partial charge in [0.1, 0.15) is 5.03 Å². The monoisotopic (exact) mass is 421 g/mol. The minimum absolute atomic E-state index is 0.0205. The summed E-state index contributed by atoms with van der Waals surface area (Å²) in [6.07, 6.45) is 0.893. The average Bonchev–Trinajstić information content (AvgIpc) is 2.78. The van der Waals surface area contributed by atoms with Gasteiger partial charge in [0.05, 0.1) is 24.5 Å². The van der Waals surface area contributed by atoms with Crippen molar-refractivity contribution < 1.29 is 9.53 Å². The van der Waals surface area contributed by atoms with E-state index in [0.717, 1.165) is 65.6 Å². The molecule has 156 valence electrons. The molecule has 1 aromatic heterocycles. The lowest BCUT2D eigenvalue weighted by Crippen LogP contribution is -2.36. The van der Waals surface area contributed by atoms with Crippen molar-refractivity contribution in [3.8, 4) is 0 Å². The number of rotatable bonds is 6. The van der Waals surface area contributed by atoms with Crippen molar-refractivity contribution in [1.82, 2.24) is 4.98 Å². The highest BCUT2D eigenvalue weighted by Gasteiger charge is 2.13. The number of aryl methyl sites for hydroxylation is 2. The number of amides is 1. The number of morpholine rings is 1. The molecule has 30 heavy (non-hydrogen) atoms. The second-order valence-electron chi connectivity index (χ2n) is 7.44. The summed E-state index contributed by atoms with van der Waals surface area (Å²) < 4.78 is 5.40. The quantitative estimate of drug-likeness (QED) is 0.586. The first-order valence-electron chi connectivity index (χ1n) is 10.4. The van der Waals surface area contributed by atoms with E-state index in [1.807, 2.05) is 12.1 Å². The number of carbonyl (C=O) groups excluding carboxylic acids is 1. The van der Waals surface area contributed by atoms with Crippen LogP contribution in [0.25, 0.3) is 10.9 Å². The number of hydrogen-bond donors (Lipinski definition) is 1. The molecule has 1 aliphatic rings. The zero-order valence-electron chi connectivity index (χ0n) is 17.5.